The summed E-state index contributed by atoms with van der Waals surface area (Å²) in [5.74, 6) is -0.705. The number of amides is 2. The maximum Gasteiger partial charge on any atom is 0.282 e. The maximum atomic E-state index is 13.5. The molecule has 3 aromatic rings. The van der Waals surface area contributed by atoms with Gasteiger partial charge >= 0.3 is 0 Å². The summed E-state index contributed by atoms with van der Waals surface area (Å²) >= 11 is 13.6. The highest BCUT2D eigenvalue weighted by Crippen LogP contribution is 2.41. The molecule has 144 valence electrons. The lowest BCUT2D eigenvalue weighted by atomic mass is 10.1. The summed E-state index contributed by atoms with van der Waals surface area (Å²) in [5.41, 5.74) is 3.37. The molecular formula is C22H14Cl2N2O2S. The monoisotopic (exact) mass is 440 g/mol. The first-order valence-corrected chi connectivity index (χ1v) is 10.7. The van der Waals surface area contributed by atoms with Crippen molar-refractivity contribution in [3.63, 3.8) is 0 Å². The minimum absolute atomic E-state index is 0.294. The Morgan fingerprint density at radius 2 is 1.72 bits per heavy atom. The molecule has 7 heteroatoms. The van der Waals surface area contributed by atoms with Crippen molar-refractivity contribution in [3.8, 4) is 0 Å². The van der Waals surface area contributed by atoms with Gasteiger partial charge in [-0.05, 0) is 47.7 Å². The van der Waals surface area contributed by atoms with E-state index < -0.39 is 0 Å². The maximum absolute atomic E-state index is 13.5. The molecule has 0 bridgehead atoms. The summed E-state index contributed by atoms with van der Waals surface area (Å²) in [6.45, 7) is 0.651. The number of nitrogens with zero attached hydrogens (tertiary/aromatic N) is 2. The van der Waals surface area contributed by atoms with Crippen LogP contribution in [-0.2, 0) is 16.0 Å². The van der Waals surface area contributed by atoms with E-state index in [0.717, 1.165) is 17.0 Å². The standard InChI is InChI=1S/C22H14Cl2N2O2S/c23-15-8-7-14(12-16(15)24)26-21(27)19(18-6-3-11-29-18)20(22(26)28)25-10-9-13-4-1-2-5-17(13)25/h1-8,11-12H,9-10H2. The first kappa shape index (κ1) is 18.4. The second-order valence-corrected chi connectivity index (χ2v) is 8.54. The molecule has 0 saturated carbocycles. The predicted molar refractivity (Wildman–Crippen MR) is 118 cm³/mol. The molecule has 5 rings (SSSR count). The van der Waals surface area contributed by atoms with Crippen LogP contribution >= 0.6 is 34.5 Å². The number of fused-ring (bicyclic) bond motifs is 1. The fourth-order valence-electron chi connectivity index (χ4n) is 3.84. The van der Waals surface area contributed by atoms with Crippen molar-refractivity contribution in [1.82, 2.24) is 0 Å². The summed E-state index contributed by atoms with van der Waals surface area (Å²) in [6, 6.07) is 16.5. The van der Waals surface area contributed by atoms with E-state index >= 15 is 0 Å². The molecule has 2 aliphatic heterocycles. The van der Waals surface area contributed by atoms with Gasteiger partial charge in [-0.15, -0.1) is 11.3 Å². The minimum atomic E-state index is -0.353. The molecule has 2 aromatic carbocycles. The first-order valence-electron chi connectivity index (χ1n) is 9.03. The minimum Gasteiger partial charge on any atom is -0.336 e. The highest BCUT2D eigenvalue weighted by atomic mass is 35.5. The van der Waals surface area contributed by atoms with Crippen molar-refractivity contribution in [2.75, 3.05) is 16.3 Å². The smallest absolute Gasteiger partial charge is 0.282 e. The molecule has 0 radical (unpaired) electrons. The summed E-state index contributed by atoms with van der Waals surface area (Å²) < 4.78 is 0. The molecule has 0 fully saturated rings. The van der Waals surface area contributed by atoms with Crippen LogP contribution in [-0.4, -0.2) is 18.4 Å². The first-order chi connectivity index (χ1) is 14.1. The number of rotatable bonds is 3. The van der Waals surface area contributed by atoms with Gasteiger partial charge in [0.1, 0.15) is 5.70 Å². The van der Waals surface area contributed by atoms with Crippen molar-refractivity contribution >= 4 is 63.3 Å². The van der Waals surface area contributed by atoms with Crippen molar-refractivity contribution in [3.05, 3.63) is 86.2 Å². The van der Waals surface area contributed by atoms with Gasteiger partial charge in [-0.25, -0.2) is 4.90 Å². The zero-order chi connectivity index (χ0) is 20.1. The lowest BCUT2D eigenvalue weighted by Crippen LogP contribution is -2.34. The number of imide groups is 1. The van der Waals surface area contributed by atoms with Gasteiger partial charge in [-0.1, -0.05) is 47.5 Å². The van der Waals surface area contributed by atoms with Crippen LogP contribution in [0.3, 0.4) is 0 Å². The zero-order valence-electron chi connectivity index (χ0n) is 15.1. The number of carbonyl (C=O) groups is 2. The average Bonchev–Trinajstić information content (AvgIpc) is 3.42. The van der Waals surface area contributed by atoms with Gasteiger partial charge < -0.3 is 4.90 Å². The number of hydrogen-bond acceptors (Lipinski definition) is 4. The molecule has 4 nitrogen and oxygen atoms in total. The number of benzene rings is 2. The Morgan fingerprint density at radius 1 is 0.897 bits per heavy atom. The average molecular weight is 441 g/mol. The fourth-order valence-corrected chi connectivity index (χ4v) is 4.90. The van der Waals surface area contributed by atoms with Crippen molar-refractivity contribution in [1.29, 1.82) is 0 Å². The number of halogens is 2. The van der Waals surface area contributed by atoms with Crippen LogP contribution < -0.4 is 9.80 Å². The van der Waals surface area contributed by atoms with E-state index in [4.69, 9.17) is 23.2 Å². The van der Waals surface area contributed by atoms with Crippen LogP contribution in [0.25, 0.3) is 5.57 Å². The number of carbonyl (C=O) groups excluding carboxylic acids is 2. The van der Waals surface area contributed by atoms with Gasteiger partial charge in [0.25, 0.3) is 11.8 Å². The van der Waals surface area contributed by atoms with Crippen LogP contribution in [0.4, 0.5) is 11.4 Å². The van der Waals surface area contributed by atoms with Gasteiger partial charge in [-0.2, -0.15) is 0 Å². The summed E-state index contributed by atoms with van der Waals surface area (Å²) in [7, 11) is 0. The Labute approximate surface area is 181 Å². The molecule has 0 atom stereocenters. The highest BCUT2D eigenvalue weighted by Gasteiger charge is 2.44. The van der Waals surface area contributed by atoms with Crippen LogP contribution in [0, 0.1) is 0 Å². The van der Waals surface area contributed by atoms with Crippen molar-refractivity contribution in [2.24, 2.45) is 0 Å². The third-order valence-corrected chi connectivity index (χ3v) is 6.77. The SMILES string of the molecule is O=C1C(c2cccs2)=C(N2CCc3ccccc32)C(=O)N1c1ccc(Cl)c(Cl)c1. The summed E-state index contributed by atoms with van der Waals surface area (Å²) in [6.07, 6.45) is 0.825. The van der Waals surface area contributed by atoms with E-state index in [9.17, 15) is 9.59 Å². The van der Waals surface area contributed by atoms with Crippen molar-refractivity contribution in [2.45, 2.75) is 6.42 Å². The van der Waals surface area contributed by atoms with Crippen LogP contribution in [0.1, 0.15) is 10.4 Å². The quantitative estimate of drug-likeness (QED) is 0.511. The number of hydrogen-bond donors (Lipinski definition) is 0. The molecule has 1 aromatic heterocycles. The van der Waals surface area contributed by atoms with E-state index in [0.29, 0.717) is 33.5 Å². The largest absolute Gasteiger partial charge is 0.336 e. The van der Waals surface area contributed by atoms with E-state index in [1.54, 1.807) is 18.2 Å². The Kier molecular flexibility index (Phi) is 4.46. The number of para-hydroxylation sites is 1. The number of anilines is 2. The molecular weight excluding hydrogens is 427 g/mol. The molecule has 0 aliphatic carbocycles. The fraction of sp³-hybridized carbons (Fsp3) is 0.0909. The van der Waals surface area contributed by atoms with Gasteiger partial charge in [0.2, 0.25) is 0 Å². The van der Waals surface area contributed by atoms with E-state index in [2.05, 4.69) is 6.07 Å². The van der Waals surface area contributed by atoms with E-state index in [1.165, 1.54) is 21.8 Å². The topological polar surface area (TPSA) is 40.6 Å². The second kappa shape index (κ2) is 7.02. The molecule has 2 amide bonds. The Balaban J connectivity index is 1.67. The van der Waals surface area contributed by atoms with Gasteiger partial charge in [0.05, 0.1) is 21.3 Å². The molecule has 29 heavy (non-hydrogen) atoms. The molecule has 0 spiro atoms. The summed E-state index contributed by atoms with van der Waals surface area (Å²) in [5, 5.41) is 2.56. The van der Waals surface area contributed by atoms with Crippen LogP contribution in [0.2, 0.25) is 10.0 Å². The Hall–Kier alpha value is -2.60. The van der Waals surface area contributed by atoms with Gasteiger partial charge in [-0.3, -0.25) is 9.59 Å². The van der Waals surface area contributed by atoms with E-state index in [1.807, 2.05) is 40.6 Å². The third kappa shape index (κ3) is 2.89. The molecule has 0 unspecified atom stereocenters. The van der Waals surface area contributed by atoms with Crippen molar-refractivity contribution < 1.29 is 9.59 Å². The summed E-state index contributed by atoms with van der Waals surface area (Å²) in [4.78, 5) is 30.9. The molecule has 0 N–H and O–H groups in total. The Morgan fingerprint density at radius 3 is 2.48 bits per heavy atom. The van der Waals surface area contributed by atoms with E-state index in [-0.39, 0.29) is 11.8 Å². The normalized spacial score (nSPS) is 16.2. The number of thiophene rings is 1. The molecule has 0 saturated heterocycles. The lowest BCUT2D eigenvalue weighted by Gasteiger charge is -2.21. The van der Waals surface area contributed by atoms with Gasteiger partial charge in [0.15, 0.2) is 0 Å². The van der Waals surface area contributed by atoms with Crippen LogP contribution in [0.5, 0.6) is 0 Å². The van der Waals surface area contributed by atoms with Crippen LogP contribution in [0.15, 0.2) is 65.7 Å². The second-order valence-electron chi connectivity index (χ2n) is 6.78. The zero-order valence-corrected chi connectivity index (χ0v) is 17.4. The highest BCUT2D eigenvalue weighted by molar-refractivity contribution is 7.11. The molecule has 3 heterocycles. The molecule has 2 aliphatic rings. The van der Waals surface area contributed by atoms with Gasteiger partial charge in [0, 0.05) is 17.1 Å². The third-order valence-electron chi connectivity index (χ3n) is 5.15. The lowest BCUT2D eigenvalue weighted by molar-refractivity contribution is -0.120. The predicted octanol–water partition coefficient (Wildman–Crippen LogP) is 5.40. The Bertz CT molecular complexity index is 1190.